The van der Waals surface area contributed by atoms with Gasteiger partial charge in [-0.3, -0.25) is 9.59 Å². The smallest absolute Gasteiger partial charge is 0.254 e. The molecule has 106 valence electrons. The molecule has 2 amide bonds. The Hall–Kier alpha value is -1.88. The van der Waals surface area contributed by atoms with E-state index in [9.17, 15) is 9.59 Å². The number of rotatable bonds is 2. The maximum atomic E-state index is 12.6. The van der Waals surface area contributed by atoms with Crippen molar-refractivity contribution in [2.45, 2.75) is 38.4 Å². The maximum absolute atomic E-state index is 12.6. The van der Waals surface area contributed by atoms with E-state index in [-0.39, 0.29) is 5.91 Å². The van der Waals surface area contributed by atoms with Crippen molar-refractivity contribution in [3.63, 3.8) is 0 Å². The van der Waals surface area contributed by atoms with Crippen molar-refractivity contribution in [1.82, 2.24) is 10.2 Å². The molecule has 1 unspecified atom stereocenters. The van der Waals surface area contributed by atoms with Crippen LogP contribution >= 0.6 is 0 Å². The largest absolute Gasteiger partial charge is 0.368 e. The highest BCUT2D eigenvalue weighted by atomic mass is 16.2. The number of nitrogens with one attached hydrogen (secondary N) is 1. The van der Waals surface area contributed by atoms with Crippen LogP contribution in [0.1, 0.15) is 40.7 Å². The highest BCUT2D eigenvalue weighted by Crippen LogP contribution is 2.22. The number of benzene rings is 1. The van der Waals surface area contributed by atoms with Gasteiger partial charge in [-0.15, -0.1) is 0 Å². The summed E-state index contributed by atoms with van der Waals surface area (Å²) >= 11 is 0. The summed E-state index contributed by atoms with van der Waals surface area (Å²) in [7, 11) is 0. The fourth-order valence-electron chi connectivity index (χ4n) is 3.06. The van der Waals surface area contributed by atoms with Gasteiger partial charge in [0.1, 0.15) is 6.04 Å². The first kappa shape index (κ1) is 13.1. The van der Waals surface area contributed by atoms with E-state index < -0.39 is 11.9 Å². The lowest BCUT2D eigenvalue weighted by Crippen LogP contribution is -2.50. The minimum Gasteiger partial charge on any atom is -0.368 e. The molecule has 0 spiro atoms. The van der Waals surface area contributed by atoms with Gasteiger partial charge in [-0.25, -0.2) is 0 Å². The highest BCUT2D eigenvalue weighted by Gasteiger charge is 2.31. The number of likely N-dealkylation sites (tertiary alicyclic amines) is 1. The molecule has 2 aliphatic heterocycles. The third-order valence-corrected chi connectivity index (χ3v) is 4.18. The Kier molecular flexibility index (Phi) is 3.44. The van der Waals surface area contributed by atoms with Crippen LogP contribution in [0.5, 0.6) is 0 Å². The molecule has 2 heterocycles. The van der Waals surface area contributed by atoms with E-state index in [1.165, 1.54) is 11.1 Å². The first-order chi connectivity index (χ1) is 9.66. The van der Waals surface area contributed by atoms with Crippen LogP contribution in [-0.2, 0) is 17.9 Å². The van der Waals surface area contributed by atoms with Crippen molar-refractivity contribution < 1.29 is 9.59 Å². The first-order valence-electron chi connectivity index (χ1n) is 7.09. The molecule has 1 aromatic carbocycles. The summed E-state index contributed by atoms with van der Waals surface area (Å²) in [5.74, 6) is -0.482. The van der Waals surface area contributed by atoms with E-state index in [2.05, 4.69) is 5.32 Å². The molecule has 1 atom stereocenters. The Morgan fingerprint density at radius 2 is 2.00 bits per heavy atom. The number of hydrogen-bond donors (Lipinski definition) is 2. The van der Waals surface area contributed by atoms with Gasteiger partial charge in [0.2, 0.25) is 5.91 Å². The van der Waals surface area contributed by atoms with Crippen molar-refractivity contribution in [1.29, 1.82) is 0 Å². The van der Waals surface area contributed by atoms with Crippen molar-refractivity contribution in [3.05, 3.63) is 34.9 Å². The van der Waals surface area contributed by atoms with Gasteiger partial charge >= 0.3 is 0 Å². The topological polar surface area (TPSA) is 75.4 Å². The molecule has 0 saturated carbocycles. The average Bonchev–Trinajstić information content (AvgIpc) is 2.93. The normalized spacial score (nSPS) is 21.6. The number of piperidine rings is 1. The number of primary amides is 1. The van der Waals surface area contributed by atoms with Gasteiger partial charge in [-0.2, -0.15) is 0 Å². The number of nitrogens with two attached hydrogens (primary N) is 1. The molecular weight excluding hydrogens is 254 g/mol. The third-order valence-electron chi connectivity index (χ3n) is 4.18. The molecule has 20 heavy (non-hydrogen) atoms. The number of nitrogens with zero attached hydrogens (tertiary/aromatic N) is 1. The zero-order valence-corrected chi connectivity index (χ0v) is 11.4. The molecule has 2 aliphatic rings. The molecule has 1 saturated heterocycles. The summed E-state index contributed by atoms with van der Waals surface area (Å²) in [6.07, 6.45) is 2.56. The molecule has 0 aromatic heterocycles. The van der Waals surface area contributed by atoms with Crippen LogP contribution in [0.4, 0.5) is 0 Å². The monoisotopic (exact) mass is 273 g/mol. The molecule has 1 aromatic rings. The summed E-state index contributed by atoms with van der Waals surface area (Å²) in [5.41, 5.74) is 8.49. The Balaban J connectivity index is 1.85. The first-order valence-corrected chi connectivity index (χ1v) is 7.09. The fourth-order valence-corrected chi connectivity index (χ4v) is 3.06. The Morgan fingerprint density at radius 3 is 2.80 bits per heavy atom. The van der Waals surface area contributed by atoms with Crippen LogP contribution in [0.25, 0.3) is 0 Å². The van der Waals surface area contributed by atoms with Gasteiger partial charge in [0.25, 0.3) is 5.91 Å². The summed E-state index contributed by atoms with van der Waals surface area (Å²) < 4.78 is 0. The molecule has 5 heteroatoms. The molecule has 0 radical (unpaired) electrons. The number of hydrogen-bond acceptors (Lipinski definition) is 3. The zero-order valence-electron chi connectivity index (χ0n) is 11.4. The summed E-state index contributed by atoms with van der Waals surface area (Å²) in [5, 5.41) is 3.26. The third kappa shape index (κ3) is 2.29. The van der Waals surface area contributed by atoms with Crippen LogP contribution in [0.15, 0.2) is 18.2 Å². The quantitative estimate of drug-likeness (QED) is 0.835. The second kappa shape index (κ2) is 5.25. The molecule has 3 N–H and O–H groups in total. The number of carbonyl (C=O) groups excluding carboxylic acids is 2. The predicted molar refractivity (Wildman–Crippen MR) is 74.9 cm³/mol. The second-order valence-electron chi connectivity index (χ2n) is 5.50. The van der Waals surface area contributed by atoms with Gasteiger partial charge in [0, 0.05) is 25.2 Å². The van der Waals surface area contributed by atoms with Crippen LogP contribution in [-0.4, -0.2) is 29.3 Å². The van der Waals surface area contributed by atoms with Crippen molar-refractivity contribution in [2.75, 3.05) is 6.54 Å². The Labute approximate surface area is 118 Å². The highest BCUT2D eigenvalue weighted by molar-refractivity contribution is 5.97. The Morgan fingerprint density at radius 1 is 1.20 bits per heavy atom. The van der Waals surface area contributed by atoms with Gasteiger partial charge in [0.15, 0.2) is 0 Å². The van der Waals surface area contributed by atoms with Crippen molar-refractivity contribution in [2.24, 2.45) is 5.73 Å². The lowest BCUT2D eigenvalue weighted by molar-refractivity contribution is -0.123. The van der Waals surface area contributed by atoms with Crippen molar-refractivity contribution in [3.8, 4) is 0 Å². The van der Waals surface area contributed by atoms with Crippen molar-refractivity contribution >= 4 is 11.8 Å². The Bertz CT molecular complexity index is 556. The van der Waals surface area contributed by atoms with Crippen LogP contribution in [0, 0.1) is 0 Å². The molecule has 3 rings (SSSR count). The van der Waals surface area contributed by atoms with Crippen LogP contribution < -0.4 is 11.1 Å². The van der Waals surface area contributed by atoms with Crippen LogP contribution in [0.2, 0.25) is 0 Å². The molecule has 0 aliphatic carbocycles. The lowest BCUT2D eigenvalue weighted by Gasteiger charge is -2.33. The fraction of sp³-hybridized carbons (Fsp3) is 0.467. The SMILES string of the molecule is NC(=O)C1CCCCN1C(=O)c1ccc2c(c1)CNC2. The summed E-state index contributed by atoms with van der Waals surface area (Å²) in [4.78, 5) is 25.8. The number of carbonyl (C=O) groups is 2. The van der Waals surface area contributed by atoms with Gasteiger partial charge < -0.3 is 16.0 Å². The molecule has 0 bridgehead atoms. The van der Waals surface area contributed by atoms with E-state index in [0.717, 1.165) is 25.9 Å². The van der Waals surface area contributed by atoms with Gasteiger partial charge in [0.05, 0.1) is 0 Å². The lowest BCUT2D eigenvalue weighted by atomic mass is 9.99. The maximum Gasteiger partial charge on any atom is 0.254 e. The molecular formula is C15H19N3O2. The van der Waals surface area contributed by atoms with E-state index in [0.29, 0.717) is 18.5 Å². The number of amides is 2. The molecule has 5 nitrogen and oxygen atoms in total. The van der Waals surface area contributed by atoms with E-state index >= 15 is 0 Å². The number of fused-ring (bicyclic) bond motifs is 1. The minimum atomic E-state index is -0.456. The average molecular weight is 273 g/mol. The summed E-state index contributed by atoms with van der Waals surface area (Å²) in [6, 6.07) is 5.32. The van der Waals surface area contributed by atoms with Gasteiger partial charge in [-0.05, 0) is 42.5 Å². The van der Waals surface area contributed by atoms with E-state index in [1.54, 1.807) is 4.90 Å². The van der Waals surface area contributed by atoms with E-state index in [4.69, 9.17) is 5.73 Å². The second-order valence-corrected chi connectivity index (χ2v) is 5.50. The predicted octanol–water partition coefficient (Wildman–Crippen LogP) is 0.770. The molecule has 1 fully saturated rings. The minimum absolute atomic E-state index is 0.0804. The van der Waals surface area contributed by atoms with Crippen LogP contribution in [0.3, 0.4) is 0 Å². The van der Waals surface area contributed by atoms with Gasteiger partial charge in [-0.1, -0.05) is 6.07 Å². The van der Waals surface area contributed by atoms with E-state index in [1.807, 2.05) is 18.2 Å². The summed E-state index contributed by atoms with van der Waals surface area (Å²) in [6.45, 7) is 2.27. The standard InChI is InChI=1S/C15H19N3O2/c16-14(19)13-3-1-2-6-18(13)15(20)10-4-5-11-8-17-9-12(11)7-10/h4-5,7,13,17H,1-3,6,8-9H2,(H2,16,19). The zero-order chi connectivity index (χ0) is 14.1.